The Balaban J connectivity index is -0.000000124. The SMILES string of the molecule is CC.CC(C)=O.CC/C(C)=C\C=C(/C)C(C)(F)F.CCC(C)C(C)C.CCC=O.Cc1cc(F)cc(F)c1. The van der Waals surface area contributed by atoms with E-state index in [0.29, 0.717) is 12.0 Å². The maximum absolute atomic E-state index is 12.6. The molecule has 0 aliphatic rings. The summed E-state index contributed by atoms with van der Waals surface area (Å²) in [5.41, 5.74) is 1.82. The minimum atomic E-state index is -2.69. The summed E-state index contributed by atoms with van der Waals surface area (Å²) in [6, 6.07) is 3.42. The van der Waals surface area contributed by atoms with Gasteiger partial charge < -0.3 is 9.59 Å². The molecule has 1 unspecified atom stereocenters. The molecular formula is C32H56F4O2. The highest BCUT2D eigenvalue weighted by Crippen LogP contribution is 2.22. The molecule has 0 fully saturated rings. The normalized spacial score (nSPS) is 11.3. The summed E-state index contributed by atoms with van der Waals surface area (Å²) in [5, 5.41) is 0. The Labute approximate surface area is 232 Å². The number of aryl methyl sites for hydroxylation is 1. The lowest BCUT2D eigenvalue weighted by Crippen LogP contribution is -2.10. The molecule has 0 bridgehead atoms. The third kappa shape index (κ3) is 40.9. The van der Waals surface area contributed by atoms with Crippen molar-refractivity contribution in [1.82, 2.24) is 0 Å². The maximum atomic E-state index is 12.6. The largest absolute Gasteiger partial charge is 0.303 e. The van der Waals surface area contributed by atoms with E-state index in [1.807, 2.05) is 34.6 Å². The van der Waals surface area contributed by atoms with Crippen molar-refractivity contribution < 1.29 is 27.2 Å². The topological polar surface area (TPSA) is 34.1 Å². The van der Waals surface area contributed by atoms with Crippen LogP contribution in [-0.2, 0) is 9.59 Å². The summed E-state index contributed by atoms with van der Waals surface area (Å²) < 4.78 is 49.5. The Kier molecular flexibility index (Phi) is 35.2. The average molecular weight is 549 g/mol. The van der Waals surface area contributed by atoms with E-state index in [4.69, 9.17) is 0 Å². The molecule has 0 aliphatic heterocycles. The van der Waals surface area contributed by atoms with Gasteiger partial charge >= 0.3 is 0 Å². The molecule has 0 aliphatic carbocycles. The Morgan fingerprint density at radius 3 is 1.45 bits per heavy atom. The molecule has 1 aromatic carbocycles. The Morgan fingerprint density at radius 2 is 1.26 bits per heavy atom. The van der Waals surface area contributed by atoms with Crippen LogP contribution in [0.4, 0.5) is 17.6 Å². The van der Waals surface area contributed by atoms with E-state index in [9.17, 15) is 27.2 Å². The summed E-state index contributed by atoms with van der Waals surface area (Å²) in [6.45, 7) is 25.9. The molecular weight excluding hydrogens is 492 g/mol. The highest BCUT2D eigenvalue weighted by molar-refractivity contribution is 5.72. The Bertz CT molecular complexity index is 707. The molecule has 0 N–H and O–H groups in total. The zero-order chi connectivity index (χ0) is 31.5. The van der Waals surface area contributed by atoms with E-state index >= 15 is 0 Å². The van der Waals surface area contributed by atoms with Crippen LogP contribution < -0.4 is 0 Å². The molecule has 6 heteroatoms. The van der Waals surface area contributed by atoms with Crippen LogP contribution in [0.15, 0.2) is 41.5 Å². The van der Waals surface area contributed by atoms with Crippen molar-refractivity contribution in [1.29, 1.82) is 0 Å². The van der Waals surface area contributed by atoms with Gasteiger partial charge in [0.2, 0.25) is 0 Å². The first-order chi connectivity index (χ1) is 17.4. The van der Waals surface area contributed by atoms with Crippen molar-refractivity contribution >= 4 is 12.1 Å². The quantitative estimate of drug-likeness (QED) is 0.201. The van der Waals surface area contributed by atoms with Crippen molar-refractivity contribution in [3.8, 4) is 0 Å². The second-order valence-corrected chi connectivity index (χ2v) is 9.16. The van der Waals surface area contributed by atoms with Gasteiger partial charge in [0, 0.05) is 19.4 Å². The molecule has 0 spiro atoms. The van der Waals surface area contributed by atoms with Crippen LogP contribution >= 0.6 is 0 Å². The predicted octanol–water partition coefficient (Wildman–Crippen LogP) is 11.1. The number of benzene rings is 1. The molecule has 2 nitrogen and oxygen atoms in total. The summed E-state index contributed by atoms with van der Waals surface area (Å²) in [7, 11) is 0. The lowest BCUT2D eigenvalue weighted by molar-refractivity contribution is -0.115. The fourth-order valence-corrected chi connectivity index (χ4v) is 1.69. The van der Waals surface area contributed by atoms with Gasteiger partial charge in [-0.25, -0.2) is 17.6 Å². The van der Waals surface area contributed by atoms with E-state index in [2.05, 4.69) is 27.7 Å². The van der Waals surface area contributed by atoms with Gasteiger partial charge in [-0.2, -0.15) is 0 Å². The van der Waals surface area contributed by atoms with Gasteiger partial charge in [0.05, 0.1) is 0 Å². The van der Waals surface area contributed by atoms with Crippen LogP contribution in [0.1, 0.15) is 115 Å². The summed E-state index contributed by atoms with van der Waals surface area (Å²) in [5.74, 6) is -1.80. The lowest BCUT2D eigenvalue weighted by Gasteiger charge is -2.10. The number of carbonyl (C=O) groups is 2. The van der Waals surface area contributed by atoms with E-state index in [0.717, 1.165) is 43.1 Å². The number of Topliss-reactive ketones (excluding diaryl/α,β-unsaturated/α-hetero) is 1. The number of alkyl halides is 2. The number of allylic oxidation sites excluding steroid dienone is 4. The molecule has 0 amide bonds. The molecule has 1 aromatic rings. The van der Waals surface area contributed by atoms with E-state index in [1.54, 1.807) is 13.0 Å². The van der Waals surface area contributed by atoms with Crippen LogP contribution in [0.5, 0.6) is 0 Å². The summed E-state index contributed by atoms with van der Waals surface area (Å²) in [6.07, 6.45) is 6.96. The van der Waals surface area contributed by atoms with Crippen LogP contribution in [0.3, 0.4) is 0 Å². The zero-order valence-electron chi connectivity index (χ0n) is 26.6. The molecule has 0 heterocycles. The number of hydrogen-bond donors (Lipinski definition) is 0. The molecule has 1 atom stereocenters. The van der Waals surface area contributed by atoms with Crippen molar-refractivity contribution in [3.63, 3.8) is 0 Å². The van der Waals surface area contributed by atoms with Crippen molar-refractivity contribution in [2.75, 3.05) is 0 Å². The molecule has 1 rings (SSSR count). The lowest BCUT2D eigenvalue weighted by atomic mass is 9.96. The molecule has 224 valence electrons. The average Bonchev–Trinajstić information content (AvgIpc) is 2.82. The fraction of sp³-hybridized carbons (Fsp3) is 0.625. The molecule has 0 saturated heterocycles. The van der Waals surface area contributed by atoms with Crippen molar-refractivity contribution in [2.24, 2.45) is 11.8 Å². The fourth-order valence-electron chi connectivity index (χ4n) is 1.69. The highest BCUT2D eigenvalue weighted by Gasteiger charge is 2.22. The summed E-state index contributed by atoms with van der Waals surface area (Å²) in [4.78, 5) is 18.6. The number of halogens is 4. The van der Waals surface area contributed by atoms with Gasteiger partial charge in [0.1, 0.15) is 23.7 Å². The van der Waals surface area contributed by atoms with Gasteiger partial charge in [0.15, 0.2) is 0 Å². The van der Waals surface area contributed by atoms with Crippen LogP contribution in [0.2, 0.25) is 0 Å². The van der Waals surface area contributed by atoms with Crippen LogP contribution in [0, 0.1) is 30.4 Å². The third-order valence-corrected chi connectivity index (χ3v) is 4.82. The minimum absolute atomic E-state index is 0.107. The second-order valence-electron chi connectivity index (χ2n) is 9.16. The first kappa shape index (κ1) is 45.7. The van der Waals surface area contributed by atoms with Gasteiger partial charge in [-0.15, -0.1) is 0 Å². The maximum Gasteiger partial charge on any atom is 0.266 e. The Morgan fingerprint density at radius 1 is 0.895 bits per heavy atom. The van der Waals surface area contributed by atoms with Crippen molar-refractivity contribution in [2.45, 2.75) is 122 Å². The van der Waals surface area contributed by atoms with E-state index in [-0.39, 0.29) is 11.4 Å². The minimum Gasteiger partial charge on any atom is -0.303 e. The van der Waals surface area contributed by atoms with Crippen LogP contribution in [-0.4, -0.2) is 18.0 Å². The van der Waals surface area contributed by atoms with Gasteiger partial charge in [-0.3, -0.25) is 0 Å². The predicted molar refractivity (Wildman–Crippen MR) is 158 cm³/mol. The second kappa shape index (κ2) is 29.3. The molecule has 38 heavy (non-hydrogen) atoms. The van der Waals surface area contributed by atoms with Gasteiger partial charge in [-0.05, 0) is 76.1 Å². The first-order valence-corrected chi connectivity index (χ1v) is 13.4. The first-order valence-electron chi connectivity index (χ1n) is 13.4. The number of rotatable bonds is 6. The zero-order valence-corrected chi connectivity index (χ0v) is 26.6. The van der Waals surface area contributed by atoms with Gasteiger partial charge in [-0.1, -0.05) is 79.5 Å². The molecule has 0 radical (unpaired) electrons. The van der Waals surface area contributed by atoms with Crippen LogP contribution in [0.25, 0.3) is 0 Å². The van der Waals surface area contributed by atoms with Crippen molar-refractivity contribution in [3.05, 3.63) is 58.7 Å². The number of aldehydes is 1. The third-order valence-electron chi connectivity index (χ3n) is 4.82. The smallest absolute Gasteiger partial charge is 0.266 e. The monoisotopic (exact) mass is 548 g/mol. The number of ketones is 1. The number of hydrogen-bond acceptors (Lipinski definition) is 2. The highest BCUT2D eigenvalue weighted by atomic mass is 19.3. The molecule has 0 aromatic heterocycles. The summed E-state index contributed by atoms with van der Waals surface area (Å²) >= 11 is 0. The standard InChI is InChI=1S/C10H16F2.C7H6F2.C7H16.2C3H6O.C2H6/c1-5-8(2)6-7-9(3)10(4,11)12;1-5-2-6(8)4-7(9)3-5;1-5-7(4)6(2)3;1-3(2)4;1-2-3-4;1-2/h6-7H,5H2,1-4H3;2-4H,1H3;6-7H,5H2,1-4H3;1-2H3;3H,2H2,1H3;1-2H3/b8-6-,9-7+;;;;;. The molecule has 0 saturated carbocycles. The van der Waals surface area contributed by atoms with E-state index < -0.39 is 17.6 Å². The number of carbonyl (C=O) groups excluding carboxylic acids is 2. The Hall–Kier alpha value is -2.24. The van der Waals surface area contributed by atoms with E-state index in [1.165, 1.54) is 45.4 Å². The van der Waals surface area contributed by atoms with Gasteiger partial charge in [0.25, 0.3) is 5.92 Å².